The van der Waals surface area contributed by atoms with Gasteiger partial charge < -0.3 is 4.74 Å². The van der Waals surface area contributed by atoms with Gasteiger partial charge in [-0.15, -0.1) is 23.5 Å². The number of hydrogen-bond donors (Lipinski definition) is 0. The van der Waals surface area contributed by atoms with E-state index in [9.17, 15) is 0 Å². The number of allylic oxidation sites excluding steroid dienone is 1. The SMILES string of the molecule is CCC1CC2(C=C(C)O1)SCCCS2. The van der Waals surface area contributed by atoms with Crippen LogP contribution in [0.4, 0.5) is 0 Å². The van der Waals surface area contributed by atoms with Crippen molar-refractivity contribution in [3.8, 4) is 0 Å². The van der Waals surface area contributed by atoms with Gasteiger partial charge in [-0.1, -0.05) is 6.92 Å². The second kappa shape index (κ2) is 4.40. The normalized spacial score (nSPS) is 31.0. The van der Waals surface area contributed by atoms with Crippen molar-refractivity contribution in [3.63, 3.8) is 0 Å². The average molecular weight is 230 g/mol. The van der Waals surface area contributed by atoms with Crippen LogP contribution in [0.3, 0.4) is 0 Å². The molecular weight excluding hydrogens is 212 g/mol. The zero-order valence-electron chi connectivity index (χ0n) is 8.91. The van der Waals surface area contributed by atoms with E-state index in [-0.39, 0.29) is 0 Å². The lowest BCUT2D eigenvalue weighted by molar-refractivity contribution is 0.0925. The smallest absolute Gasteiger partial charge is 0.100 e. The van der Waals surface area contributed by atoms with E-state index in [4.69, 9.17) is 4.74 Å². The highest BCUT2D eigenvalue weighted by Gasteiger charge is 2.37. The molecule has 1 saturated heterocycles. The Balaban J connectivity index is 2.13. The highest BCUT2D eigenvalue weighted by Crippen LogP contribution is 2.49. The molecule has 0 N–H and O–H groups in total. The predicted molar refractivity (Wildman–Crippen MR) is 65.8 cm³/mol. The maximum absolute atomic E-state index is 5.80. The van der Waals surface area contributed by atoms with Gasteiger partial charge in [-0.25, -0.2) is 0 Å². The van der Waals surface area contributed by atoms with E-state index in [1.165, 1.54) is 24.3 Å². The van der Waals surface area contributed by atoms with Gasteiger partial charge in [0.1, 0.15) is 6.10 Å². The van der Waals surface area contributed by atoms with Crippen LogP contribution in [-0.2, 0) is 4.74 Å². The molecule has 3 heteroatoms. The molecule has 1 spiro atoms. The molecule has 1 nitrogen and oxygen atoms in total. The summed E-state index contributed by atoms with van der Waals surface area (Å²) in [5.74, 6) is 3.76. The Labute approximate surface area is 95.0 Å². The molecule has 0 aromatic rings. The minimum atomic E-state index is 0.348. The second-order valence-corrected chi connectivity index (χ2v) is 7.08. The molecule has 0 saturated carbocycles. The largest absolute Gasteiger partial charge is 0.495 e. The summed E-state index contributed by atoms with van der Waals surface area (Å²) in [5, 5.41) is 0. The third kappa shape index (κ3) is 2.25. The van der Waals surface area contributed by atoms with Crippen molar-refractivity contribution >= 4 is 23.5 Å². The van der Waals surface area contributed by atoms with Crippen LogP contribution in [0.15, 0.2) is 11.8 Å². The van der Waals surface area contributed by atoms with Crippen LogP contribution >= 0.6 is 23.5 Å². The van der Waals surface area contributed by atoms with E-state index in [0.29, 0.717) is 10.2 Å². The molecule has 80 valence electrons. The molecule has 2 rings (SSSR count). The van der Waals surface area contributed by atoms with Gasteiger partial charge in [-0.05, 0) is 37.3 Å². The first-order chi connectivity index (χ1) is 6.74. The average Bonchev–Trinajstić information content (AvgIpc) is 2.17. The highest BCUT2D eigenvalue weighted by molar-refractivity contribution is 8.19. The summed E-state index contributed by atoms with van der Waals surface area (Å²) in [6, 6.07) is 0. The van der Waals surface area contributed by atoms with Crippen molar-refractivity contribution in [1.82, 2.24) is 0 Å². The quantitative estimate of drug-likeness (QED) is 0.680. The third-order valence-corrected chi connectivity index (χ3v) is 5.96. The zero-order chi connectivity index (χ0) is 10.0. The summed E-state index contributed by atoms with van der Waals surface area (Å²) in [4.78, 5) is 0. The predicted octanol–water partition coefficient (Wildman–Crippen LogP) is 3.66. The van der Waals surface area contributed by atoms with Crippen LogP contribution in [0.25, 0.3) is 0 Å². The van der Waals surface area contributed by atoms with Crippen LogP contribution in [0.1, 0.15) is 33.1 Å². The van der Waals surface area contributed by atoms with Crippen molar-refractivity contribution in [2.75, 3.05) is 11.5 Å². The molecule has 0 aromatic carbocycles. The lowest BCUT2D eigenvalue weighted by Crippen LogP contribution is -2.33. The van der Waals surface area contributed by atoms with Gasteiger partial charge in [0.05, 0.1) is 9.84 Å². The molecule has 0 amide bonds. The molecule has 2 aliphatic rings. The number of ether oxygens (including phenoxy) is 1. The molecule has 1 unspecified atom stereocenters. The van der Waals surface area contributed by atoms with E-state index < -0.39 is 0 Å². The van der Waals surface area contributed by atoms with Crippen LogP contribution < -0.4 is 0 Å². The van der Waals surface area contributed by atoms with Crippen molar-refractivity contribution in [3.05, 3.63) is 11.8 Å². The molecule has 1 fully saturated rings. The first kappa shape index (κ1) is 10.7. The molecular formula is C11H18OS2. The maximum Gasteiger partial charge on any atom is 0.100 e. The van der Waals surface area contributed by atoms with Gasteiger partial charge in [0.2, 0.25) is 0 Å². The Bertz CT molecular complexity index is 231. The van der Waals surface area contributed by atoms with Gasteiger partial charge in [-0.2, -0.15) is 0 Å². The first-order valence-electron chi connectivity index (χ1n) is 5.38. The van der Waals surface area contributed by atoms with E-state index >= 15 is 0 Å². The standard InChI is InChI=1S/C11H18OS2/c1-3-10-8-11(7-9(2)12-10)13-5-4-6-14-11/h7,10H,3-6,8H2,1-2H3. The van der Waals surface area contributed by atoms with Crippen LogP contribution in [0.5, 0.6) is 0 Å². The van der Waals surface area contributed by atoms with Crippen molar-refractivity contribution in [2.45, 2.75) is 43.3 Å². The molecule has 0 bridgehead atoms. The van der Waals surface area contributed by atoms with E-state index in [1.807, 2.05) is 0 Å². The van der Waals surface area contributed by atoms with Gasteiger partial charge in [-0.3, -0.25) is 0 Å². The lowest BCUT2D eigenvalue weighted by atomic mass is 10.1. The topological polar surface area (TPSA) is 9.23 Å². The molecule has 0 radical (unpaired) electrons. The fourth-order valence-electron chi connectivity index (χ4n) is 2.04. The van der Waals surface area contributed by atoms with Gasteiger partial charge in [0.25, 0.3) is 0 Å². The minimum absolute atomic E-state index is 0.348. The summed E-state index contributed by atoms with van der Waals surface area (Å²) >= 11 is 4.23. The Kier molecular flexibility index (Phi) is 3.38. The maximum atomic E-state index is 5.80. The first-order valence-corrected chi connectivity index (χ1v) is 7.35. The molecule has 0 aromatic heterocycles. The van der Waals surface area contributed by atoms with Crippen LogP contribution in [0, 0.1) is 0 Å². The summed E-state index contributed by atoms with van der Waals surface area (Å²) < 4.78 is 6.15. The summed E-state index contributed by atoms with van der Waals surface area (Å²) in [6.07, 6.45) is 6.47. The fraction of sp³-hybridized carbons (Fsp3) is 0.818. The minimum Gasteiger partial charge on any atom is -0.495 e. The Morgan fingerprint density at radius 2 is 2.21 bits per heavy atom. The molecule has 0 aliphatic carbocycles. The van der Waals surface area contributed by atoms with Crippen molar-refractivity contribution in [2.24, 2.45) is 0 Å². The van der Waals surface area contributed by atoms with Gasteiger partial charge in [0, 0.05) is 6.42 Å². The fourth-order valence-corrected chi connectivity index (χ4v) is 5.43. The van der Waals surface area contributed by atoms with E-state index in [1.54, 1.807) is 0 Å². The highest BCUT2D eigenvalue weighted by atomic mass is 32.2. The summed E-state index contributed by atoms with van der Waals surface area (Å²) in [7, 11) is 0. The molecule has 2 heterocycles. The number of hydrogen-bond acceptors (Lipinski definition) is 3. The van der Waals surface area contributed by atoms with Crippen LogP contribution in [-0.4, -0.2) is 21.7 Å². The monoisotopic (exact) mass is 230 g/mol. The number of rotatable bonds is 1. The van der Waals surface area contributed by atoms with Gasteiger partial charge >= 0.3 is 0 Å². The Morgan fingerprint density at radius 3 is 2.86 bits per heavy atom. The van der Waals surface area contributed by atoms with Crippen LogP contribution in [0.2, 0.25) is 0 Å². The molecule has 14 heavy (non-hydrogen) atoms. The number of thioether (sulfide) groups is 2. The second-order valence-electron chi connectivity index (χ2n) is 3.97. The van der Waals surface area contributed by atoms with E-state index in [0.717, 1.165) is 12.2 Å². The zero-order valence-corrected chi connectivity index (χ0v) is 10.5. The summed E-state index contributed by atoms with van der Waals surface area (Å²) in [5.41, 5.74) is 0. The lowest BCUT2D eigenvalue weighted by Gasteiger charge is -2.40. The van der Waals surface area contributed by atoms with Crippen molar-refractivity contribution in [1.29, 1.82) is 0 Å². The molecule has 2 aliphatic heterocycles. The van der Waals surface area contributed by atoms with Gasteiger partial charge in [0.15, 0.2) is 0 Å². The van der Waals surface area contributed by atoms with Crippen molar-refractivity contribution < 1.29 is 4.74 Å². The third-order valence-electron chi connectivity index (χ3n) is 2.72. The van der Waals surface area contributed by atoms with E-state index in [2.05, 4.69) is 43.4 Å². The summed E-state index contributed by atoms with van der Waals surface area (Å²) in [6.45, 7) is 4.31. The molecule has 1 atom stereocenters. The Morgan fingerprint density at radius 1 is 1.50 bits per heavy atom. The Hall–Kier alpha value is 0.240.